The number of nitrogens with one attached hydrogen (secondary N) is 1. The second-order valence-electron chi connectivity index (χ2n) is 5.36. The van der Waals surface area contributed by atoms with Crippen LogP contribution in [0.15, 0.2) is 30.7 Å². The summed E-state index contributed by atoms with van der Waals surface area (Å²) in [6.07, 6.45) is 7.82. The molecule has 2 aromatic heterocycles. The Balaban J connectivity index is 1.78. The number of carbonyl (C=O) groups is 1. The van der Waals surface area contributed by atoms with E-state index < -0.39 is 5.60 Å². The Kier molecular flexibility index (Phi) is 3.10. The van der Waals surface area contributed by atoms with Crippen molar-refractivity contribution in [1.29, 1.82) is 0 Å². The van der Waals surface area contributed by atoms with Gasteiger partial charge in [-0.3, -0.25) is 9.48 Å². The van der Waals surface area contributed by atoms with Crippen LogP contribution in [0.1, 0.15) is 29.6 Å². The molecule has 0 bridgehead atoms. The maximum Gasteiger partial charge on any atom is 0.256 e. The Morgan fingerprint density at radius 2 is 2.15 bits per heavy atom. The number of aryl methyl sites for hydroxylation is 1. The monoisotopic (exact) mass is 274 g/mol. The largest absolute Gasteiger partial charge is 0.388 e. The first kappa shape index (κ1) is 12.9. The third-order valence-corrected chi connectivity index (χ3v) is 3.86. The minimum absolute atomic E-state index is 0.206. The van der Waals surface area contributed by atoms with Crippen molar-refractivity contribution in [2.75, 3.05) is 6.54 Å². The highest BCUT2D eigenvalue weighted by atomic mass is 16.3. The van der Waals surface area contributed by atoms with Gasteiger partial charge in [-0.25, -0.2) is 0 Å². The molecule has 0 aromatic carbocycles. The zero-order valence-corrected chi connectivity index (χ0v) is 11.4. The average molecular weight is 274 g/mol. The Bertz CT molecular complexity index is 611. The zero-order valence-electron chi connectivity index (χ0n) is 11.4. The molecular formula is C14H18N4O2. The van der Waals surface area contributed by atoms with Crippen LogP contribution in [-0.4, -0.2) is 37.5 Å². The van der Waals surface area contributed by atoms with Gasteiger partial charge in [0, 0.05) is 26.0 Å². The first-order chi connectivity index (χ1) is 9.59. The van der Waals surface area contributed by atoms with Gasteiger partial charge < -0.3 is 15.0 Å². The molecule has 6 heteroatoms. The van der Waals surface area contributed by atoms with Crippen molar-refractivity contribution < 1.29 is 9.90 Å². The van der Waals surface area contributed by atoms with Crippen molar-refractivity contribution in [2.45, 2.75) is 24.9 Å². The van der Waals surface area contributed by atoms with Crippen LogP contribution in [-0.2, 0) is 7.05 Å². The van der Waals surface area contributed by atoms with Gasteiger partial charge in [-0.2, -0.15) is 5.10 Å². The number of aromatic nitrogens is 3. The standard InChI is InChI=1S/C14H18N4O2/c1-17-13(18-7-2-3-8-18)11(9-16-17)12(19)15-10-14(20)5-4-6-14/h2-3,7-9,20H,4-6,10H2,1H3,(H,15,19). The SMILES string of the molecule is Cn1ncc(C(=O)NCC2(O)CCC2)c1-n1cccc1. The molecule has 1 aliphatic carbocycles. The zero-order chi connectivity index (χ0) is 14.2. The Morgan fingerprint density at radius 1 is 1.45 bits per heavy atom. The lowest BCUT2D eigenvalue weighted by Gasteiger charge is -2.36. The van der Waals surface area contributed by atoms with Gasteiger partial charge in [0.25, 0.3) is 5.91 Å². The molecule has 1 aliphatic rings. The molecule has 0 spiro atoms. The van der Waals surface area contributed by atoms with Gasteiger partial charge in [0.05, 0.1) is 11.8 Å². The molecule has 6 nitrogen and oxygen atoms in total. The highest BCUT2D eigenvalue weighted by Gasteiger charge is 2.34. The lowest BCUT2D eigenvalue weighted by atomic mass is 9.80. The Hall–Kier alpha value is -2.08. The van der Waals surface area contributed by atoms with Crippen LogP contribution in [0.2, 0.25) is 0 Å². The smallest absolute Gasteiger partial charge is 0.256 e. The van der Waals surface area contributed by atoms with Gasteiger partial charge in [0.1, 0.15) is 11.4 Å². The van der Waals surface area contributed by atoms with E-state index >= 15 is 0 Å². The van der Waals surface area contributed by atoms with Gasteiger partial charge >= 0.3 is 0 Å². The van der Waals surface area contributed by atoms with Gasteiger partial charge in [-0.1, -0.05) is 0 Å². The van der Waals surface area contributed by atoms with Crippen molar-refractivity contribution in [3.8, 4) is 5.82 Å². The average Bonchev–Trinajstić information content (AvgIpc) is 3.02. The minimum atomic E-state index is -0.717. The fourth-order valence-corrected chi connectivity index (χ4v) is 2.47. The second kappa shape index (κ2) is 4.79. The maximum absolute atomic E-state index is 12.3. The summed E-state index contributed by atoms with van der Waals surface area (Å²) in [5.41, 5.74) is -0.211. The Labute approximate surface area is 117 Å². The fourth-order valence-electron chi connectivity index (χ4n) is 2.47. The number of amides is 1. The van der Waals surface area contributed by atoms with E-state index in [-0.39, 0.29) is 5.91 Å². The molecule has 1 amide bonds. The van der Waals surface area contributed by atoms with Crippen molar-refractivity contribution >= 4 is 5.91 Å². The van der Waals surface area contributed by atoms with E-state index in [1.54, 1.807) is 17.9 Å². The molecule has 1 fully saturated rings. The minimum Gasteiger partial charge on any atom is -0.388 e. The lowest BCUT2D eigenvalue weighted by molar-refractivity contribution is -0.0300. The quantitative estimate of drug-likeness (QED) is 0.868. The molecule has 0 atom stereocenters. The molecule has 2 heterocycles. The highest BCUT2D eigenvalue weighted by molar-refractivity contribution is 5.97. The third kappa shape index (κ3) is 2.22. The fraction of sp³-hybridized carbons (Fsp3) is 0.429. The molecule has 2 aromatic rings. The number of hydrogen-bond acceptors (Lipinski definition) is 3. The molecule has 106 valence electrons. The van der Waals surface area contributed by atoms with Crippen LogP contribution in [0.5, 0.6) is 0 Å². The van der Waals surface area contributed by atoms with Gasteiger partial charge in [0.15, 0.2) is 0 Å². The van der Waals surface area contributed by atoms with Gasteiger partial charge in [0.2, 0.25) is 0 Å². The first-order valence-corrected chi connectivity index (χ1v) is 6.75. The van der Waals surface area contributed by atoms with Crippen LogP contribution in [0, 0.1) is 0 Å². The van der Waals surface area contributed by atoms with Crippen LogP contribution < -0.4 is 5.32 Å². The molecule has 0 unspecified atom stereocenters. The first-order valence-electron chi connectivity index (χ1n) is 6.75. The number of aliphatic hydroxyl groups is 1. The van der Waals surface area contributed by atoms with Crippen molar-refractivity contribution in [3.05, 3.63) is 36.3 Å². The molecule has 0 aliphatic heterocycles. The molecule has 0 saturated heterocycles. The van der Waals surface area contributed by atoms with E-state index in [4.69, 9.17) is 0 Å². The van der Waals surface area contributed by atoms with Crippen LogP contribution >= 0.6 is 0 Å². The molecule has 3 rings (SSSR count). The number of carbonyl (C=O) groups excluding carboxylic acids is 1. The van der Waals surface area contributed by atoms with Gasteiger partial charge in [-0.15, -0.1) is 0 Å². The van der Waals surface area contributed by atoms with E-state index in [1.807, 2.05) is 29.1 Å². The molecule has 1 saturated carbocycles. The summed E-state index contributed by atoms with van der Waals surface area (Å²) < 4.78 is 3.51. The van der Waals surface area contributed by atoms with Crippen LogP contribution in [0.25, 0.3) is 5.82 Å². The van der Waals surface area contributed by atoms with E-state index in [0.717, 1.165) is 19.3 Å². The van der Waals surface area contributed by atoms with E-state index in [9.17, 15) is 9.90 Å². The molecular weight excluding hydrogens is 256 g/mol. The highest BCUT2D eigenvalue weighted by Crippen LogP contribution is 2.30. The van der Waals surface area contributed by atoms with Gasteiger partial charge in [-0.05, 0) is 31.4 Å². The molecule has 2 N–H and O–H groups in total. The summed E-state index contributed by atoms with van der Waals surface area (Å²) in [4.78, 5) is 12.3. The second-order valence-corrected chi connectivity index (χ2v) is 5.36. The van der Waals surface area contributed by atoms with E-state index in [0.29, 0.717) is 17.9 Å². The summed E-state index contributed by atoms with van der Waals surface area (Å²) in [5.74, 6) is 0.509. The summed E-state index contributed by atoms with van der Waals surface area (Å²) >= 11 is 0. The number of nitrogens with zero attached hydrogens (tertiary/aromatic N) is 3. The van der Waals surface area contributed by atoms with Crippen LogP contribution in [0.3, 0.4) is 0 Å². The number of rotatable bonds is 4. The Morgan fingerprint density at radius 3 is 2.75 bits per heavy atom. The van der Waals surface area contributed by atoms with E-state index in [1.165, 1.54) is 0 Å². The van der Waals surface area contributed by atoms with Crippen molar-refractivity contribution in [3.63, 3.8) is 0 Å². The predicted octanol–water partition coefficient (Wildman–Crippen LogP) is 0.856. The topological polar surface area (TPSA) is 72.1 Å². The van der Waals surface area contributed by atoms with Crippen molar-refractivity contribution in [1.82, 2.24) is 19.7 Å². The molecule has 20 heavy (non-hydrogen) atoms. The maximum atomic E-state index is 12.3. The third-order valence-electron chi connectivity index (χ3n) is 3.86. The lowest BCUT2D eigenvalue weighted by Crippen LogP contribution is -2.47. The van der Waals surface area contributed by atoms with Crippen molar-refractivity contribution in [2.24, 2.45) is 7.05 Å². The predicted molar refractivity (Wildman–Crippen MR) is 73.7 cm³/mol. The summed E-state index contributed by atoms with van der Waals surface area (Å²) in [5, 5.41) is 17.0. The summed E-state index contributed by atoms with van der Waals surface area (Å²) in [6.45, 7) is 0.297. The molecule has 0 radical (unpaired) electrons. The number of hydrogen-bond donors (Lipinski definition) is 2. The summed E-state index contributed by atoms with van der Waals surface area (Å²) in [7, 11) is 1.80. The summed E-state index contributed by atoms with van der Waals surface area (Å²) in [6, 6.07) is 3.79. The normalized spacial score (nSPS) is 16.7. The van der Waals surface area contributed by atoms with Crippen LogP contribution in [0.4, 0.5) is 0 Å². The van der Waals surface area contributed by atoms with E-state index in [2.05, 4.69) is 10.4 Å².